The molecule has 0 spiro atoms. The van der Waals surface area contributed by atoms with Gasteiger partial charge in [0.05, 0.1) is 16.2 Å². The quantitative estimate of drug-likeness (QED) is 0.280. The summed E-state index contributed by atoms with van der Waals surface area (Å²) in [5, 5.41) is 12.6. The summed E-state index contributed by atoms with van der Waals surface area (Å²) in [6, 6.07) is 2.99. The minimum Gasteiger partial charge on any atom is -0.382 e. The van der Waals surface area contributed by atoms with E-state index in [0.29, 0.717) is 5.56 Å². The number of pyridine rings is 2. The Morgan fingerprint density at radius 2 is 1.75 bits per heavy atom. The van der Waals surface area contributed by atoms with Gasteiger partial charge >= 0.3 is 0 Å². The molecule has 186 valence electrons. The van der Waals surface area contributed by atoms with Gasteiger partial charge in [-0.3, -0.25) is 4.98 Å². The third-order valence-corrected chi connectivity index (χ3v) is 5.65. The maximum atomic E-state index is 14.9. The molecule has 36 heavy (non-hydrogen) atoms. The number of anilines is 1. The SMILES string of the molecule is C=Cc1ccc(F)c([C@H](Nc2c(Cl)cnc3cc(F)c(-c4cnc(C(C)(C)O)nc4)nc23)C(F)F)c1. The monoisotopic (exact) mass is 517 g/mol. The van der Waals surface area contributed by atoms with Crippen LogP contribution in [0.1, 0.15) is 36.8 Å². The second kappa shape index (κ2) is 9.79. The van der Waals surface area contributed by atoms with Crippen LogP contribution < -0.4 is 5.32 Å². The molecule has 4 rings (SSSR count). The van der Waals surface area contributed by atoms with E-state index in [1.165, 1.54) is 44.4 Å². The van der Waals surface area contributed by atoms with E-state index in [-0.39, 0.29) is 44.4 Å². The van der Waals surface area contributed by atoms with Crippen molar-refractivity contribution >= 4 is 34.4 Å². The van der Waals surface area contributed by atoms with Gasteiger partial charge in [0.25, 0.3) is 6.43 Å². The number of aromatic nitrogens is 4. The molecule has 0 amide bonds. The molecule has 0 fully saturated rings. The molecule has 0 aliphatic heterocycles. The highest BCUT2D eigenvalue weighted by molar-refractivity contribution is 6.34. The fourth-order valence-corrected chi connectivity index (χ4v) is 3.72. The number of nitrogens with zero attached hydrogens (tertiary/aromatic N) is 4. The zero-order chi connectivity index (χ0) is 26.2. The number of alkyl halides is 2. The van der Waals surface area contributed by atoms with Gasteiger partial charge in [-0.05, 0) is 31.5 Å². The van der Waals surface area contributed by atoms with Gasteiger partial charge < -0.3 is 10.4 Å². The molecule has 1 atom stereocenters. The summed E-state index contributed by atoms with van der Waals surface area (Å²) in [5.41, 5.74) is -1.26. The van der Waals surface area contributed by atoms with Crippen molar-refractivity contribution in [3.05, 3.63) is 83.0 Å². The van der Waals surface area contributed by atoms with Gasteiger partial charge in [-0.2, -0.15) is 0 Å². The molecule has 3 heterocycles. The third kappa shape index (κ3) is 5.00. The summed E-state index contributed by atoms with van der Waals surface area (Å²) in [5.74, 6) is -1.50. The Morgan fingerprint density at radius 3 is 2.36 bits per heavy atom. The van der Waals surface area contributed by atoms with Crippen LogP contribution in [0, 0.1) is 11.6 Å². The van der Waals surface area contributed by atoms with E-state index in [4.69, 9.17) is 11.6 Å². The van der Waals surface area contributed by atoms with Crippen molar-refractivity contribution in [2.24, 2.45) is 0 Å². The van der Waals surface area contributed by atoms with Crippen LogP contribution in [-0.2, 0) is 5.60 Å². The Kier molecular flexibility index (Phi) is 6.92. The molecule has 0 saturated heterocycles. The van der Waals surface area contributed by atoms with E-state index in [2.05, 4.69) is 31.8 Å². The molecule has 0 unspecified atom stereocenters. The van der Waals surface area contributed by atoms with Crippen LogP contribution in [0.25, 0.3) is 28.4 Å². The van der Waals surface area contributed by atoms with Gasteiger partial charge in [-0.15, -0.1) is 0 Å². The van der Waals surface area contributed by atoms with Crippen molar-refractivity contribution in [3.63, 3.8) is 0 Å². The predicted octanol–water partition coefficient (Wildman–Crippen LogP) is 6.31. The number of hydrogen-bond donors (Lipinski definition) is 2. The largest absolute Gasteiger partial charge is 0.382 e. The van der Waals surface area contributed by atoms with Crippen LogP contribution in [0.4, 0.5) is 23.2 Å². The Morgan fingerprint density at radius 1 is 1.06 bits per heavy atom. The molecule has 0 aliphatic rings. The van der Waals surface area contributed by atoms with Crippen molar-refractivity contribution in [2.75, 3.05) is 5.32 Å². The molecule has 6 nitrogen and oxygen atoms in total. The van der Waals surface area contributed by atoms with Gasteiger partial charge in [-0.1, -0.05) is 30.3 Å². The van der Waals surface area contributed by atoms with Crippen molar-refractivity contribution in [2.45, 2.75) is 31.9 Å². The van der Waals surface area contributed by atoms with Crippen LogP contribution in [0.2, 0.25) is 5.02 Å². The number of halogens is 5. The highest BCUT2D eigenvalue weighted by Gasteiger charge is 2.28. The average molecular weight is 518 g/mol. The minimum absolute atomic E-state index is 0.0172. The van der Waals surface area contributed by atoms with Crippen LogP contribution >= 0.6 is 11.6 Å². The highest BCUT2D eigenvalue weighted by Crippen LogP contribution is 2.36. The second-order valence-corrected chi connectivity index (χ2v) is 8.87. The van der Waals surface area contributed by atoms with Crippen molar-refractivity contribution in [1.29, 1.82) is 0 Å². The van der Waals surface area contributed by atoms with E-state index < -0.39 is 29.7 Å². The van der Waals surface area contributed by atoms with Crippen molar-refractivity contribution < 1.29 is 22.7 Å². The zero-order valence-corrected chi connectivity index (χ0v) is 19.9. The van der Waals surface area contributed by atoms with Crippen LogP contribution in [0.15, 0.2) is 49.4 Å². The van der Waals surface area contributed by atoms with E-state index in [0.717, 1.165) is 18.3 Å². The minimum atomic E-state index is -3.04. The van der Waals surface area contributed by atoms with Crippen molar-refractivity contribution in [1.82, 2.24) is 19.9 Å². The predicted molar refractivity (Wildman–Crippen MR) is 130 cm³/mol. The molecular formula is C25H20ClF4N5O. The number of fused-ring (bicyclic) bond motifs is 1. The maximum Gasteiger partial charge on any atom is 0.262 e. The second-order valence-electron chi connectivity index (χ2n) is 8.46. The molecular weight excluding hydrogens is 498 g/mol. The van der Waals surface area contributed by atoms with Crippen LogP contribution in [-0.4, -0.2) is 31.5 Å². The Labute approximate surface area is 208 Å². The summed E-state index contributed by atoms with van der Waals surface area (Å²) in [6.07, 6.45) is 2.08. The highest BCUT2D eigenvalue weighted by atomic mass is 35.5. The first-order valence-electron chi connectivity index (χ1n) is 10.7. The van der Waals surface area contributed by atoms with Gasteiger partial charge in [0.1, 0.15) is 28.7 Å². The van der Waals surface area contributed by atoms with E-state index >= 15 is 0 Å². The summed E-state index contributed by atoms with van der Waals surface area (Å²) >= 11 is 6.28. The first-order valence-corrected chi connectivity index (χ1v) is 11.0. The van der Waals surface area contributed by atoms with E-state index in [9.17, 15) is 22.7 Å². The molecule has 0 aliphatic carbocycles. The summed E-state index contributed by atoms with van der Waals surface area (Å²) in [6.45, 7) is 6.57. The van der Waals surface area contributed by atoms with Gasteiger partial charge in [0, 0.05) is 35.8 Å². The molecule has 1 aromatic carbocycles. The van der Waals surface area contributed by atoms with Crippen LogP contribution in [0.3, 0.4) is 0 Å². The number of aliphatic hydroxyl groups is 1. The number of rotatable bonds is 7. The normalized spacial score (nSPS) is 12.7. The van der Waals surface area contributed by atoms with E-state index in [1.807, 2.05) is 0 Å². The molecule has 0 bridgehead atoms. The number of nitrogens with one attached hydrogen (secondary N) is 1. The fourth-order valence-electron chi connectivity index (χ4n) is 3.53. The Hall–Kier alpha value is -3.63. The average Bonchev–Trinajstić information content (AvgIpc) is 2.83. The molecule has 3 aromatic heterocycles. The van der Waals surface area contributed by atoms with Crippen molar-refractivity contribution in [3.8, 4) is 11.3 Å². The molecule has 0 saturated carbocycles. The Bertz CT molecular complexity index is 1440. The smallest absolute Gasteiger partial charge is 0.262 e. The first kappa shape index (κ1) is 25.5. The lowest BCUT2D eigenvalue weighted by Crippen LogP contribution is -2.21. The standard InChI is InChI=1S/C25H20ClF4N5O/c1-4-12-5-6-16(27)14(7-12)20(23(29)30)35-21-15(26)11-31-18-8-17(28)19(34-22(18)21)13-9-32-24(33-10-13)25(2,3)36/h4-11,20,23,36H,1H2,2-3H3,(H,31,35)/t20-/m0/s1. The van der Waals surface area contributed by atoms with Gasteiger partial charge in [0.2, 0.25) is 0 Å². The number of hydrogen-bond acceptors (Lipinski definition) is 6. The lowest BCUT2D eigenvalue weighted by Gasteiger charge is -2.22. The molecule has 4 aromatic rings. The van der Waals surface area contributed by atoms with Gasteiger partial charge in [0.15, 0.2) is 11.6 Å². The zero-order valence-electron chi connectivity index (χ0n) is 19.1. The number of benzene rings is 1. The molecule has 0 radical (unpaired) electrons. The summed E-state index contributed by atoms with van der Waals surface area (Å²) in [7, 11) is 0. The lowest BCUT2D eigenvalue weighted by atomic mass is 10.0. The Balaban J connectivity index is 1.84. The molecule has 11 heteroatoms. The maximum absolute atomic E-state index is 14.9. The van der Waals surface area contributed by atoms with E-state index in [1.54, 1.807) is 0 Å². The fraction of sp³-hybridized carbons (Fsp3) is 0.200. The van der Waals surface area contributed by atoms with Crippen LogP contribution in [0.5, 0.6) is 0 Å². The lowest BCUT2D eigenvalue weighted by molar-refractivity contribution is 0.0687. The van der Waals surface area contributed by atoms with Gasteiger partial charge in [-0.25, -0.2) is 32.5 Å². The molecule has 2 N–H and O–H groups in total. The summed E-state index contributed by atoms with van der Waals surface area (Å²) in [4.78, 5) is 16.4. The third-order valence-electron chi connectivity index (χ3n) is 5.36. The first-order chi connectivity index (χ1) is 17.0. The topological polar surface area (TPSA) is 83.8 Å². The summed E-state index contributed by atoms with van der Waals surface area (Å²) < 4.78 is 57.7.